The summed E-state index contributed by atoms with van der Waals surface area (Å²) in [5, 5.41) is 10.3. The van der Waals surface area contributed by atoms with Crippen molar-refractivity contribution in [1.29, 1.82) is 0 Å². The highest BCUT2D eigenvalue weighted by molar-refractivity contribution is 5.66. The second-order valence-corrected chi connectivity index (χ2v) is 1.95. The van der Waals surface area contributed by atoms with Crippen LogP contribution in [0.4, 0.5) is 11.4 Å². The Bertz CT molecular complexity index is 267. The lowest BCUT2D eigenvalue weighted by Crippen LogP contribution is -1.94. The highest BCUT2D eigenvalue weighted by Crippen LogP contribution is 2.27. The molecule has 0 saturated carbocycles. The minimum absolute atomic E-state index is 0.862. The average Bonchev–Trinajstić information content (AvgIpc) is 2.05. The van der Waals surface area contributed by atoms with Gasteiger partial charge in [-0.25, -0.2) is 0 Å². The van der Waals surface area contributed by atoms with Crippen LogP contribution in [0, 0.1) is 6.67 Å². The number of para-hydroxylation sites is 1. The zero-order valence-corrected chi connectivity index (χ0v) is 5.20. The van der Waals surface area contributed by atoms with Crippen molar-refractivity contribution in [3.05, 3.63) is 30.9 Å². The second kappa shape index (κ2) is 2.10. The van der Waals surface area contributed by atoms with Gasteiger partial charge in [-0.2, -0.15) is 5.11 Å². The minimum Gasteiger partial charge on any atom is -0.350 e. The van der Waals surface area contributed by atoms with E-state index in [1.54, 1.807) is 0 Å². The average molecular weight is 131 g/mol. The van der Waals surface area contributed by atoms with Crippen LogP contribution >= 0.6 is 0 Å². The van der Waals surface area contributed by atoms with Crippen molar-refractivity contribution in [2.24, 2.45) is 10.2 Å². The number of nitrogens with zero attached hydrogens (tertiary/aromatic N) is 2. The Kier molecular flexibility index (Phi) is 1.13. The van der Waals surface area contributed by atoms with Crippen LogP contribution in [0.5, 0.6) is 0 Å². The van der Waals surface area contributed by atoms with Crippen molar-refractivity contribution >= 4 is 11.4 Å². The number of fused-ring (bicyclic) bond motifs is 1. The summed E-state index contributed by atoms with van der Waals surface area (Å²) in [6, 6.07) is 7.69. The first-order chi connectivity index (χ1) is 4.97. The van der Waals surface area contributed by atoms with Crippen molar-refractivity contribution in [3.8, 4) is 0 Å². The Balaban J connectivity index is 2.54. The van der Waals surface area contributed by atoms with E-state index in [1.807, 2.05) is 24.3 Å². The zero-order chi connectivity index (χ0) is 6.81. The molecule has 0 bridgehead atoms. The normalized spacial score (nSPS) is 14.0. The molecule has 2 radical (unpaired) electrons. The molecule has 1 aromatic carbocycles. The maximum absolute atomic E-state index is 3.84. The summed E-state index contributed by atoms with van der Waals surface area (Å²) in [5.74, 6) is 0. The number of rotatable bonds is 0. The van der Waals surface area contributed by atoms with Crippen LogP contribution in [0.25, 0.3) is 0 Å². The van der Waals surface area contributed by atoms with Gasteiger partial charge in [-0.3, -0.25) is 0 Å². The number of hydrogen-bond acceptors (Lipinski definition) is 3. The lowest BCUT2D eigenvalue weighted by Gasteiger charge is -2.07. The van der Waals surface area contributed by atoms with E-state index < -0.39 is 0 Å². The molecule has 0 amide bonds. The molecule has 0 aliphatic carbocycles. The molecule has 1 aromatic rings. The molecule has 3 heteroatoms. The summed E-state index contributed by atoms with van der Waals surface area (Å²) in [5.41, 5.74) is 1.82. The number of hydrogen-bond donors (Lipinski definition) is 1. The van der Waals surface area contributed by atoms with E-state index in [-0.39, 0.29) is 0 Å². The Labute approximate surface area is 58.8 Å². The van der Waals surface area contributed by atoms with Crippen LogP contribution in [-0.4, -0.2) is 0 Å². The van der Waals surface area contributed by atoms with Crippen molar-refractivity contribution < 1.29 is 0 Å². The van der Waals surface area contributed by atoms with Gasteiger partial charge in [-0.15, -0.1) is 5.11 Å². The molecule has 1 heterocycles. The summed E-state index contributed by atoms with van der Waals surface area (Å²) >= 11 is 0. The summed E-state index contributed by atoms with van der Waals surface area (Å²) in [6.45, 7) is 2.55. The fourth-order valence-corrected chi connectivity index (χ4v) is 0.831. The first-order valence-corrected chi connectivity index (χ1v) is 2.97. The largest absolute Gasteiger partial charge is 0.350 e. The second-order valence-electron chi connectivity index (χ2n) is 1.95. The Morgan fingerprint density at radius 1 is 1.30 bits per heavy atom. The molecular weight excluding hydrogens is 126 g/mol. The van der Waals surface area contributed by atoms with Crippen LogP contribution in [-0.2, 0) is 0 Å². The van der Waals surface area contributed by atoms with Crippen molar-refractivity contribution in [3.63, 3.8) is 0 Å². The summed E-state index contributed by atoms with van der Waals surface area (Å²) < 4.78 is 0. The molecule has 0 fully saturated rings. The molecule has 1 N–H and O–H groups in total. The molecule has 0 atom stereocenters. The third kappa shape index (κ3) is 0.757. The molecule has 0 aromatic heterocycles. The molecule has 1 aliphatic heterocycles. The molecule has 1 aliphatic rings. The Hall–Kier alpha value is -1.38. The quantitative estimate of drug-likeness (QED) is 0.575. The van der Waals surface area contributed by atoms with Crippen LogP contribution in [0.1, 0.15) is 0 Å². The van der Waals surface area contributed by atoms with E-state index >= 15 is 0 Å². The molecule has 2 rings (SSSR count). The lowest BCUT2D eigenvalue weighted by molar-refractivity contribution is 1.09. The molecule has 3 nitrogen and oxygen atoms in total. The van der Waals surface area contributed by atoms with Gasteiger partial charge in [0, 0.05) is 0 Å². The van der Waals surface area contributed by atoms with Crippen molar-refractivity contribution in [2.75, 3.05) is 5.32 Å². The van der Waals surface area contributed by atoms with E-state index in [0.29, 0.717) is 0 Å². The van der Waals surface area contributed by atoms with Gasteiger partial charge in [-0.1, -0.05) is 12.1 Å². The predicted molar refractivity (Wildman–Crippen MR) is 37.8 cm³/mol. The SMILES string of the molecule is [C]1N=Nc2ccccc2N1. The smallest absolute Gasteiger partial charge is 0.251 e. The van der Waals surface area contributed by atoms with Crippen LogP contribution in [0.15, 0.2) is 34.5 Å². The predicted octanol–water partition coefficient (Wildman–Crippen LogP) is 2.19. The van der Waals surface area contributed by atoms with Gasteiger partial charge in [0.1, 0.15) is 5.69 Å². The maximum atomic E-state index is 3.84. The van der Waals surface area contributed by atoms with Gasteiger partial charge in [0.2, 0.25) is 0 Å². The van der Waals surface area contributed by atoms with E-state index in [4.69, 9.17) is 0 Å². The van der Waals surface area contributed by atoms with Crippen LogP contribution < -0.4 is 5.32 Å². The summed E-state index contributed by atoms with van der Waals surface area (Å²) in [7, 11) is 0. The molecular formula is C7H5N3. The van der Waals surface area contributed by atoms with E-state index in [9.17, 15) is 0 Å². The van der Waals surface area contributed by atoms with Crippen LogP contribution in [0.2, 0.25) is 0 Å². The van der Waals surface area contributed by atoms with Crippen molar-refractivity contribution in [2.45, 2.75) is 0 Å². The molecule has 0 saturated heterocycles. The van der Waals surface area contributed by atoms with E-state index in [1.165, 1.54) is 0 Å². The van der Waals surface area contributed by atoms with E-state index in [2.05, 4.69) is 22.2 Å². The standard InChI is InChI=1S/C7H5N3/c1-2-4-7-6(3-1)8-5-9-10-7/h1-4,8H. The van der Waals surface area contributed by atoms with E-state index in [0.717, 1.165) is 11.4 Å². The topological polar surface area (TPSA) is 36.8 Å². The fourth-order valence-electron chi connectivity index (χ4n) is 0.831. The monoisotopic (exact) mass is 131 g/mol. The summed E-state index contributed by atoms with van der Waals surface area (Å²) in [4.78, 5) is 0. The van der Waals surface area contributed by atoms with Crippen LogP contribution in [0.3, 0.4) is 0 Å². The van der Waals surface area contributed by atoms with Crippen molar-refractivity contribution in [1.82, 2.24) is 0 Å². The van der Waals surface area contributed by atoms with Gasteiger partial charge < -0.3 is 5.32 Å². The Morgan fingerprint density at radius 2 is 2.20 bits per heavy atom. The number of azo groups is 1. The first-order valence-electron chi connectivity index (χ1n) is 2.97. The number of nitrogens with one attached hydrogen (secondary N) is 1. The fraction of sp³-hybridized carbons (Fsp3) is 0. The summed E-state index contributed by atoms with van der Waals surface area (Å²) in [6.07, 6.45) is 0. The molecule has 0 unspecified atom stereocenters. The molecule has 48 valence electrons. The van der Waals surface area contributed by atoms with Gasteiger partial charge in [0.05, 0.1) is 5.69 Å². The number of anilines is 1. The molecule has 0 spiro atoms. The number of benzene rings is 1. The third-order valence-electron chi connectivity index (χ3n) is 1.30. The molecule has 10 heavy (non-hydrogen) atoms. The zero-order valence-electron chi connectivity index (χ0n) is 5.20. The third-order valence-corrected chi connectivity index (χ3v) is 1.30. The van der Waals surface area contributed by atoms with Gasteiger partial charge in [-0.05, 0) is 12.1 Å². The van der Waals surface area contributed by atoms with Gasteiger partial charge >= 0.3 is 0 Å². The first kappa shape index (κ1) is 5.41. The maximum Gasteiger partial charge on any atom is 0.251 e. The van der Waals surface area contributed by atoms with Gasteiger partial charge in [0.25, 0.3) is 6.67 Å². The minimum atomic E-state index is 0.862. The lowest BCUT2D eigenvalue weighted by atomic mass is 10.3. The Morgan fingerprint density at radius 3 is 3.10 bits per heavy atom. The highest BCUT2D eigenvalue weighted by Gasteiger charge is 2.02. The highest BCUT2D eigenvalue weighted by atomic mass is 15.2. The van der Waals surface area contributed by atoms with Gasteiger partial charge in [0.15, 0.2) is 0 Å².